The molecule has 0 spiro atoms. The molecule has 0 radical (unpaired) electrons. The maximum absolute atomic E-state index is 11.2. The Kier molecular flexibility index (Phi) is 3.13. The minimum atomic E-state index is -0.593. The van der Waals surface area contributed by atoms with E-state index in [2.05, 4.69) is 14.8 Å². The SMILES string of the molecule is COC(=O)c1ncn(-c2cc(N)cc(OC)c2)n1. The van der Waals surface area contributed by atoms with E-state index >= 15 is 0 Å². The molecule has 0 saturated heterocycles. The number of nitrogens with two attached hydrogens (primary N) is 1. The lowest BCUT2D eigenvalue weighted by Crippen LogP contribution is -2.05. The second-order valence-electron chi connectivity index (χ2n) is 3.47. The van der Waals surface area contributed by atoms with Crippen molar-refractivity contribution < 1.29 is 14.3 Å². The lowest BCUT2D eigenvalue weighted by atomic mass is 10.2. The molecule has 94 valence electrons. The summed E-state index contributed by atoms with van der Waals surface area (Å²) >= 11 is 0. The molecular formula is C11H12N4O3. The van der Waals surface area contributed by atoms with Crippen LogP contribution in [0.2, 0.25) is 0 Å². The van der Waals surface area contributed by atoms with Gasteiger partial charge < -0.3 is 15.2 Å². The zero-order valence-electron chi connectivity index (χ0n) is 9.95. The van der Waals surface area contributed by atoms with Crippen molar-refractivity contribution >= 4 is 11.7 Å². The second kappa shape index (κ2) is 4.74. The van der Waals surface area contributed by atoms with Gasteiger partial charge in [0.05, 0.1) is 19.9 Å². The fourth-order valence-electron chi connectivity index (χ4n) is 1.43. The van der Waals surface area contributed by atoms with E-state index < -0.39 is 5.97 Å². The van der Waals surface area contributed by atoms with Crippen molar-refractivity contribution in [2.24, 2.45) is 0 Å². The number of esters is 1. The highest BCUT2D eigenvalue weighted by molar-refractivity contribution is 5.84. The number of carbonyl (C=O) groups excluding carboxylic acids is 1. The Balaban J connectivity index is 2.39. The third kappa shape index (κ3) is 2.24. The Morgan fingerprint density at radius 3 is 2.78 bits per heavy atom. The average Bonchev–Trinajstić information content (AvgIpc) is 2.86. The van der Waals surface area contributed by atoms with Gasteiger partial charge in [0.25, 0.3) is 5.82 Å². The third-order valence-electron chi connectivity index (χ3n) is 2.27. The zero-order valence-corrected chi connectivity index (χ0v) is 9.95. The first-order valence-corrected chi connectivity index (χ1v) is 5.09. The monoisotopic (exact) mass is 248 g/mol. The van der Waals surface area contributed by atoms with Gasteiger partial charge in [0.2, 0.25) is 0 Å². The summed E-state index contributed by atoms with van der Waals surface area (Å²) in [7, 11) is 2.81. The Morgan fingerprint density at radius 2 is 2.11 bits per heavy atom. The minimum absolute atomic E-state index is 0.0149. The van der Waals surface area contributed by atoms with E-state index in [1.165, 1.54) is 18.1 Å². The maximum Gasteiger partial charge on any atom is 0.377 e. The van der Waals surface area contributed by atoms with Crippen molar-refractivity contribution in [3.63, 3.8) is 0 Å². The Bertz CT molecular complexity index is 579. The zero-order chi connectivity index (χ0) is 13.1. The molecule has 18 heavy (non-hydrogen) atoms. The second-order valence-corrected chi connectivity index (χ2v) is 3.47. The highest BCUT2D eigenvalue weighted by Crippen LogP contribution is 2.20. The number of nitrogens with zero attached hydrogens (tertiary/aromatic N) is 3. The third-order valence-corrected chi connectivity index (χ3v) is 2.27. The molecule has 0 atom stereocenters. The first-order chi connectivity index (χ1) is 8.63. The highest BCUT2D eigenvalue weighted by atomic mass is 16.5. The van der Waals surface area contributed by atoms with Crippen LogP contribution in [0.5, 0.6) is 5.75 Å². The normalized spacial score (nSPS) is 10.1. The van der Waals surface area contributed by atoms with Gasteiger partial charge >= 0.3 is 5.97 Å². The number of benzene rings is 1. The summed E-state index contributed by atoms with van der Waals surface area (Å²) in [6, 6.07) is 5.10. The van der Waals surface area contributed by atoms with Crippen LogP contribution in [0.3, 0.4) is 0 Å². The molecule has 0 bridgehead atoms. The van der Waals surface area contributed by atoms with Crippen LogP contribution in [0.25, 0.3) is 5.69 Å². The van der Waals surface area contributed by atoms with Gasteiger partial charge in [-0.15, -0.1) is 5.10 Å². The van der Waals surface area contributed by atoms with Crippen molar-refractivity contribution in [2.75, 3.05) is 20.0 Å². The van der Waals surface area contributed by atoms with Crippen LogP contribution >= 0.6 is 0 Å². The van der Waals surface area contributed by atoms with Crippen molar-refractivity contribution in [3.05, 3.63) is 30.4 Å². The topological polar surface area (TPSA) is 92.3 Å². The molecule has 2 rings (SSSR count). The first-order valence-electron chi connectivity index (χ1n) is 5.09. The largest absolute Gasteiger partial charge is 0.497 e. The summed E-state index contributed by atoms with van der Waals surface area (Å²) in [6.07, 6.45) is 1.40. The van der Waals surface area contributed by atoms with Crippen LogP contribution in [0.4, 0.5) is 5.69 Å². The number of anilines is 1. The predicted molar refractivity (Wildman–Crippen MR) is 63.7 cm³/mol. The standard InChI is InChI=1S/C11H12N4O3/c1-17-9-4-7(12)3-8(5-9)15-6-13-10(14-15)11(16)18-2/h3-6H,12H2,1-2H3. The molecule has 0 fully saturated rings. The molecule has 0 saturated carbocycles. The van der Waals surface area contributed by atoms with E-state index in [0.717, 1.165) is 0 Å². The summed E-state index contributed by atoms with van der Waals surface area (Å²) in [5, 5.41) is 3.99. The van der Waals surface area contributed by atoms with Gasteiger partial charge in [0.15, 0.2) is 0 Å². The Hall–Kier alpha value is -2.57. The van der Waals surface area contributed by atoms with Gasteiger partial charge in [-0.2, -0.15) is 0 Å². The maximum atomic E-state index is 11.2. The predicted octanol–water partition coefficient (Wildman–Crippen LogP) is 0.645. The van der Waals surface area contributed by atoms with E-state index in [1.54, 1.807) is 25.3 Å². The first kappa shape index (κ1) is 11.9. The smallest absolute Gasteiger partial charge is 0.377 e. The molecule has 0 aliphatic heterocycles. The molecule has 7 heteroatoms. The van der Waals surface area contributed by atoms with Gasteiger partial charge in [-0.25, -0.2) is 14.5 Å². The lowest BCUT2D eigenvalue weighted by Gasteiger charge is -2.05. The van der Waals surface area contributed by atoms with Crippen molar-refractivity contribution in [2.45, 2.75) is 0 Å². The minimum Gasteiger partial charge on any atom is -0.497 e. The number of methoxy groups -OCH3 is 2. The van der Waals surface area contributed by atoms with Gasteiger partial charge in [0.1, 0.15) is 12.1 Å². The Morgan fingerprint density at radius 1 is 1.33 bits per heavy atom. The number of hydrogen-bond acceptors (Lipinski definition) is 6. The molecule has 7 nitrogen and oxygen atoms in total. The molecule has 0 unspecified atom stereocenters. The molecule has 1 heterocycles. The van der Waals surface area contributed by atoms with E-state index in [1.807, 2.05) is 0 Å². The van der Waals surface area contributed by atoms with Crippen molar-refractivity contribution in [1.29, 1.82) is 0 Å². The van der Waals surface area contributed by atoms with Gasteiger partial charge in [-0.05, 0) is 6.07 Å². The van der Waals surface area contributed by atoms with Crippen LogP contribution in [0.1, 0.15) is 10.6 Å². The van der Waals surface area contributed by atoms with E-state index in [4.69, 9.17) is 10.5 Å². The fraction of sp³-hybridized carbons (Fsp3) is 0.182. The highest BCUT2D eigenvalue weighted by Gasteiger charge is 2.12. The molecule has 1 aromatic heterocycles. The van der Waals surface area contributed by atoms with Gasteiger partial charge in [-0.1, -0.05) is 0 Å². The van der Waals surface area contributed by atoms with Crippen LogP contribution in [0, 0.1) is 0 Å². The number of nitrogen functional groups attached to an aromatic ring is 1. The van der Waals surface area contributed by atoms with Crippen LogP contribution in [-0.4, -0.2) is 35.0 Å². The summed E-state index contributed by atoms with van der Waals surface area (Å²) < 4.78 is 11.0. The summed E-state index contributed by atoms with van der Waals surface area (Å²) in [6.45, 7) is 0. The number of hydrogen-bond donors (Lipinski definition) is 1. The summed E-state index contributed by atoms with van der Waals surface area (Å²) in [4.78, 5) is 15.1. The lowest BCUT2D eigenvalue weighted by molar-refractivity contribution is 0.0587. The number of rotatable bonds is 3. The van der Waals surface area contributed by atoms with Crippen LogP contribution in [0.15, 0.2) is 24.5 Å². The van der Waals surface area contributed by atoms with Crippen LogP contribution < -0.4 is 10.5 Å². The van der Waals surface area contributed by atoms with Crippen molar-refractivity contribution in [3.8, 4) is 11.4 Å². The quantitative estimate of drug-likeness (QED) is 0.633. The number of aromatic nitrogens is 3. The molecule has 2 aromatic rings. The molecule has 1 aromatic carbocycles. The Labute approximate surface area is 103 Å². The van der Waals surface area contributed by atoms with Crippen LogP contribution in [-0.2, 0) is 4.74 Å². The van der Waals surface area contributed by atoms with Gasteiger partial charge in [-0.3, -0.25) is 0 Å². The number of carbonyl (C=O) groups is 1. The van der Waals surface area contributed by atoms with E-state index in [9.17, 15) is 4.79 Å². The molecule has 0 aliphatic rings. The molecular weight excluding hydrogens is 236 g/mol. The fourth-order valence-corrected chi connectivity index (χ4v) is 1.43. The molecule has 2 N–H and O–H groups in total. The molecule has 0 amide bonds. The number of ether oxygens (including phenoxy) is 2. The van der Waals surface area contributed by atoms with E-state index in [-0.39, 0.29) is 5.82 Å². The van der Waals surface area contributed by atoms with E-state index in [0.29, 0.717) is 17.1 Å². The molecule has 0 aliphatic carbocycles. The average molecular weight is 248 g/mol. The van der Waals surface area contributed by atoms with Gasteiger partial charge in [0, 0.05) is 17.8 Å². The summed E-state index contributed by atoms with van der Waals surface area (Å²) in [5.74, 6) is -0.0105. The van der Waals surface area contributed by atoms with Crippen molar-refractivity contribution in [1.82, 2.24) is 14.8 Å². The summed E-state index contributed by atoms with van der Waals surface area (Å²) in [5.41, 5.74) is 6.91.